The van der Waals surface area contributed by atoms with E-state index in [1.807, 2.05) is 0 Å². The predicted molar refractivity (Wildman–Crippen MR) is 57.9 cm³/mol. The smallest absolute Gasteiger partial charge is 0.338 e. The van der Waals surface area contributed by atoms with Crippen molar-refractivity contribution in [2.45, 2.75) is 32.0 Å². The highest BCUT2D eigenvalue weighted by molar-refractivity contribution is 5.29. The van der Waals surface area contributed by atoms with Gasteiger partial charge >= 0.3 is 6.18 Å². The number of nitrogens with zero attached hydrogens (tertiary/aromatic N) is 3. The van der Waals surface area contributed by atoms with Crippen LogP contribution in [0, 0.1) is 5.92 Å². The lowest BCUT2D eigenvalue weighted by atomic mass is 9.98. The molecule has 2 atom stereocenters. The molecule has 18 heavy (non-hydrogen) atoms. The van der Waals surface area contributed by atoms with Crippen LogP contribution in [0.2, 0.25) is 0 Å². The third kappa shape index (κ3) is 2.74. The second-order valence-corrected chi connectivity index (χ2v) is 4.55. The Morgan fingerprint density at radius 1 is 1.50 bits per heavy atom. The van der Waals surface area contributed by atoms with Crippen molar-refractivity contribution in [1.29, 1.82) is 0 Å². The van der Waals surface area contributed by atoms with Crippen LogP contribution in [0.4, 0.5) is 19.1 Å². The maximum absolute atomic E-state index is 12.7. The largest absolute Gasteiger partial charge is 0.393 e. The van der Waals surface area contributed by atoms with E-state index in [1.165, 1.54) is 4.90 Å². The third-order valence-corrected chi connectivity index (χ3v) is 2.99. The minimum atomic E-state index is -4.17. The highest BCUT2D eigenvalue weighted by Crippen LogP contribution is 2.34. The molecule has 1 aliphatic heterocycles. The first kappa shape index (κ1) is 13.1. The predicted octanol–water partition coefficient (Wildman–Crippen LogP) is 1.87. The Morgan fingerprint density at radius 3 is 2.78 bits per heavy atom. The van der Waals surface area contributed by atoms with Crippen molar-refractivity contribution in [3.8, 4) is 0 Å². The number of hydrogen-bond acceptors (Lipinski definition) is 5. The molecule has 0 aromatic carbocycles. The Morgan fingerprint density at radius 2 is 2.22 bits per heavy atom. The second-order valence-electron chi connectivity index (χ2n) is 4.55. The van der Waals surface area contributed by atoms with E-state index in [-0.39, 0.29) is 24.8 Å². The zero-order chi connectivity index (χ0) is 13.3. The van der Waals surface area contributed by atoms with Crippen molar-refractivity contribution in [1.82, 2.24) is 10.1 Å². The minimum Gasteiger partial charge on any atom is -0.338 e. The van der Waals surface area contributed by atoms with E-state index in [0.29, 0.717) is 13.0 Å². The van der Waals surface area contributed by atoms with Gasteiger partial charge in [0.1, 0.15) is 0 Å². The van der Waals surface area contributed by atoms with Crippen LogP contribution in [0.3, 0.4) is 0 Å². The molecule has 0 aliphatic carbocycles. The summed E-state index contributed by atoms with van der Waals surface area (Å²) in [5.74, 6) is -0.904. The van der Waals surface area contributed by atoms with E-state index < -0.39 is 18.1 Å². The fourth-order valence-electron chi connectivity index (χ4n) is 1.97. The molecule has 0 amide bonds. The number of halogens is 3. The fourth-order valence-corrected chi connectivity index (χ4v) is 1.97. The Kier molecular flexibility index (Phi) is 3.47. The molecule has 1 fully saturated rings. The van der Waals surface area contributed by atoms with E-state index in [2.05, 4.69) is 10.1 Å². The number of rotatable bonds is 2. The normalized spacial score (nSPS) is 23.2. The molecule has 0 saturated carbocycles. The van der Waals surface area contributed by atoms with Crippen LogP contribution in [0.5, 0.6) is 0 Å². The fraction of sp³-hybridized carbons (Fsp3) is 0.800. The Hall–Kier alpha value is -1.31. The van der Waals surface area contributed by atoms with Gasteiger partial charge in [-0.1, -0.05) is 0 Å². The molecule has 1 unspecified atom stereocenters. The van der Waals surface area contributed by atoms with E-state index in [0.717, 1.165) is 0 Å². The molecular weight excluding hydrogens is 249 g/mol. The Labute approximate surface area is 102 Å². The molecule has 0 bridgehead atoms. The first-order valence-corrected chi connectivity index (χ1v) is 5.79. The first-order valence-electron chi connectivity index (χ1n) is 5.79. The summed E-state index contributed by atoms with van der Waals surface area (Å²) in [5.41, 5.74) is 5.56. The van der Waals surface area contributed by atoms with E-state index in [4.69, 9.17) is 10.3 Å². The van der Waals surface area contributed by atoms with Gasteiger partial charge in [0, 0.05) is 13.1 Å². The number of anilines is 1. The summed E-state index contributed by atoms with van der Waals surface area (Å²) in [4.78, 5) is 5.50. The highest BCUT2D eigenvalue weighted by atomic mass is 19.4. The summed E-state index contributed by atoms with van der Waals surface area (Å²) in [6.07, 6.45) is -3.56. The van der Waals surface area contributed by atoms with Crippen LogP contribution in [-0.4, -0.2) is 29.4 Å². The molecular formula is C10H15F3N4O. The summed E-state index contributed by atoms with van der Waals surface area (Å²) in [6, 6.07) is -0.422. The average molecular weight is 264 g/mol. The van der Waals surface area contributed by atoms with Gasteiger partial charge in [-0.05, 0) is 24.9 Å². The highest BCUT2D eigenvalue weighted by Gasteiger charge is 2.42. The van der Waals surface area contributed by atoms with E-state index in [1.54, 1.807) is 6.92 Å². The van der Waals surface area contributed by atoms with Crippen LogP contribution in [0.15, 0.2) is 4.52 Å². The number of aromatic nitrogens is 2. The van der Waals surface area contributed by atoms with Crippen molar-refractivity contribution in [2.75, 3.05) is 18.0 Å². The maximum atomic E-state index is 12.7. The van der Waals surface area contributed by atoms with Gasteiger partial charge in [0.2, 0.25) is 5.89 Å². The van der Waals surface area contributed by atoms with Gasteiger partial charge in [-0.25, -0.2) is 0 Å². The van der Waals surface area contributed by atoms with Gasteiger partial charge in [0.25, 0.3) is 5.95 Å². The van der Waals surface area contributed by atoms with Gasteiger partial charge in [0.05, 0.1) is 12.0 Å². The molecule has 1 saturated heterocycles. The van der Waals surface area contributed by atoms with Gasteiger partial charge in [-0.15, -0.1) is 0 Å². The molecule has 2 N–H and O–H groups in total. The molecule has 102 valence electrons. The number of alkyl halides is 3. The van der Waals surface area contributed by atoms with Crippen LogP contribution in [-0.2, 0) is 0 Å². The van der Waals surface area contributed by atoms with Gasteiger partial charge in [-0.3, -0.25) is 0 Å². The summed E-state index contributed by atoms with van der Waals surface area (Å²) in [6.45, 7) is 2.05. The summed E-state index contributed by atoms with van der Waals surface area (Å²) >= 11 is 0. The van der Waals surface area contributed by atoms with Gasteiger partial charge in [-0.2, -0.15) is 18.2 Å². The Balaban J connectivity index is 2.08. The molecule has 0 spiro atoms. The molecule has 0 radical (unpaired) electrons. The standard InChI is InChI=1S/C10H15F3N4O/c1-6(14)8-15-9(16-18-8)17-4-2-3-7(5-17)10(11,12)13/h6-7H,2-5,14H2,1H3/t6-,7?/m0/s1. The summed E-state index contributed by atoms with van der Waals surface area (Å²) < 4.78 is 42.8. The van der Waals surface area contributed by atoms with Crippen LogP contribution < -0.4 is 10.6 Å². The average Bonchev–Trinajstić information content (AvgIpc) is 2.77. The van der Waals surface area contributed by atoms with E-state index in [9.17, 15) is 13.2 Å². The number of hydrogen-bond donors (Lipinski definition) is 1. The van der Waals surface area contributed by atoms with Crippen molar-refractivity contribution in [3.05, 3.63) is 5.89 Å². The quantitative estimate of drug-likeness (QED) is 0.883. The molecule has 1 aromatic rings. The molecule has 5 nitrogen and oxygen atoms in total. The van der Waals surface area contributed by atoms with Crippen LogP contribution in [0.25, 0.3) is 0 Å². The number of piperidine rings is 1. The lowest BCUT2D eigenvalue weighted by molar-refractivity contribution is -0.176. The van der Waals surface area contributed by atoms with Gasteiger partial charge < -0.3 is 15.2 Å². The molecule has 8 heteroatoms. The first-order chi connectivity index (χ1) is 8.38. The number of nitrogens with two attached hydrogens (primary N) is 1. The topological polar surface area (TPSA) is 68.2 Å². The monoisotopic (exact) mass is 264 g/mol. The molecule has 2 rings (SSSR count). The SMILES string of the molecule is C[C@H](N)c1nc(N2CCCC(C(F)(F)F)C2)no1. The second kappa shape index (κ2) is 4.75. The van der Waals surface area contributed by atoms with Crippen LogP contribution >= 0.6 is 0 Å². The van der Waals surface area contributed by atoms with Crippen molar-refractivity contribution in [3.63, 3.8) is 0 Å². The molecule has 1 aliphatic rings. The molecule has 1 aromatic heterocycles. The maximum Gasteiger partial charge on any atom is 0.393 e. The van der Waals surface area contributed by atoms with E-state index >= 15 is 0 Å². The summed E-state index contributed by atoms with van der Waals surface area (Å²) in [7, 11) is 0. The zero-order valence-corrected chi connectivity index (χ0v) is 9.94. The molecule has 2 heterocycles. The van der Waals surface area contributed by atoms with Crippen LogP contribution in [0.1, 0.15) is 31.7 Å². The lowest BCUT2D eigenvalue weighted by Gasteiger charge is -2.32. The van der Waals surface area contributed by atoms with Crippen molar-refractivity contribution >= 4 is 5.95 Å². The lowest BCUT2D eigenvalue weighted by Crippen LogP contribution is -2.42. The Bertz CT molecular complexity index is 404. The third-order valence-electron chi connectivity index (χ3n) is 2.99. The summed E-state index contributed by atoms with van der Waals surface area (Å²) in [5, 5.41) is 3.67. The zero-order valence-electron chi connectivity index (χ0n) is 9.94. The van der Waals surface area contributed by atoms with Crippen molar-refractivity contribution in [2.24, 2.45) is 11.7 Å². The van der Waals surface area contributed by atoms with Crippen molar-refractivity contribution < 1.29 is 17.7 Å². The minimum absolute atomic E-state index is 0.124. The van der Waals surface area contributed by atoms with Gasteiger partial charge in [0.15, 0.2) is 0 Å².